The van der Waals surface area contributed by atoms with Crippen LogP contribution in [0.25, 0.3) is 0 Å². The van der Waals surface area contributed by atoms with Crippen LogP contribution in [0.4, 0.5) is 11.4 Å². The van der Waals surface area contributed by atoms with Gasteiger partial charge in [-0.05, 0) is 56.5 Å². The van der Waals surface area contributed by atoms with Gasteiger partial charge in [-0.1, -0.05) is 30.3 Å². The minimum atomic E-state index is -0.584. The highest BCUT2D eigenvalue weighted by Crippen LogP contribution is 2.36. The van der Waals surface area contributed by atoms with Crippen molar-refractivity contribution in [1.29, 1.82) is 0 Å². The van der Waals surface area contributed by atoms with E-state index in [1.165, 1.54) is 5.56 Å². The summed E-state index contributed by atoms with van der Waals surface area (Å²) in [5.74, 6) is 0.134. The van der Waals surface area contributed by atoms with Crippen LogP contribution in [0.3, 0.4) is 0 Å². The first kappa shape index (κ1) is 14.6. The van der Waals surface area contributed by atoms with E-state index in [0.717, 1.165) is 17.7 Å². The molecule has 0 saturated heterocycles. The van der Waals surface area contributed by atoms with E-state index in [1.807, 2.05) is 61.2 Å². The van der Waals surface area contributed by atoms with Gasteiger partial charge in [-0.3, -0.25) is 4.79 Å². The van der Waals surface area contributed by atoms with Crippen LogP contribution in [-0.4, -0.2) is 11.9 Å². The maximum atomic E-state index is 13.2. The van der Waals surface area contributed by atoms with Crippen LogP contribution in [0, 0.1) is 0 Å². The third-order valence-electron chi connectivity index (χ3n) is 4.59. The zero-order valence-corrected chi connectivity index (χ0v) is 13.3. The average molecular weight is 294 g/mol. The molecule has 1 unspecified atom stereocenters. The van der Waals surface area contributed by atoms with Crippen LogP contribution in [0.2, 0.25) is 0 Å². The minimum Gasteiger partial charge on any atom is -0.399 e. The van der Waals surface area contributed by atoms with Gasteiger partial charge in [0.2, 0.25) is 5.91 Å². The van der Waals surface area contributed by atoms with Gasteiger partial charge in [0.15, 0.2) is 0 Å². The van der Waals surface area contributed by atoms with Crippen molar-refractivity contribution in [2.24, 2.45) is 0 Å². The summed E-state index contributed by atoms with van der Waals surface area (Å²) in [4.78, 5) is 15.2. The third kappa shape index (κ3) is 2.27. The van der Waals surface area contributed by atoms with Gasteiger partial charge in [0.05, 0.1) is 5.41 Å². The molecule has 2 aromatic rings. The molecular formula is C19H22N2O. The van der Waals surface area contributed by atoms with E-state index in [4.69, 9.17) is 5.73 Å². The van der Waals surface area contributed by atoms with E-state index in [1.54, 1.807) is 0 Å². The molecule has 2 N–H and O–H groups in total. The summed E-state index contributed by atoms with van der Waals surface area (Å²) in [5.41, 5.74) is 9.17. The van der Waals surface area contributed by atoms with Gasteiger partial charge in [-0.25, -0.2) is 0 Å². The SMILES string of the molecule is CC1Cc2ccccc2N1C(=O)C(C)(C)c1ccc(N)cc1. The Morgan fingerprint density at radius 3 is 2.45 bits per heavy atom. The van der Waals surface area contributed by atoms with Crippen LogP contribution in [0.1, 0.15) is 31.9 Å². The molecule has 1 amide bonds. The lowest BCUT2D eigenvalue weighted by Crippen LogP contribution is -2.46. The molecule has 3 rings (SSSR count). The molecule has 1 atom stereocenters. The van der Waals surface area contributed by atoms with E-state index in [-0.39, 0.29) is 11.9 Å². The van der Waals surface area contributed by atoms with Gasteiger partial charge in [-0.15, -0.1) is 0 Å². The lowest BCUT2D eigenvalue weighted by molar-refractivity contribution is -0.123. The highest BCUT2D eigenvalue weighted by atomic mass is 16.2. The first-order chi connectivity index (χ1) is 10.4. The van der Waals surface area contributed by atoms with Crippen molar-refractivity contribution in [3.8, 4) is 0 Å². The molecule has 3 nitrogen and oxygen atoms in total. The molecule has 0 aromatic heterocycles. The van der Waals surface area contributed by atoms with E-state index in [0.29, 0.717) is 5.69 Å². The number of carbonyl (C=O) groups excluding carboxylic acids is 1. The smallest absolute Gasteiger partial charge is 0.237 e. The van der Waals surface area contributed by atoms with Crippen molar-refractivity contribution in [1.82, 2.24) is 0 Å². The molecule has 0 bridgehead atoms. The number of hydrogen-bond acceptors (Lipinski definition) is 2. The lowest BCUT2D eigenvalue weighted by Gasteiger charge is -2.33. The van der Waals surface area contributed by atoms with Gasteiger partial charge in [0.25, 0.3) is 0 Å². The second kappa shape index (κ2) is 5.16. The van der Waals surface area contributed by atoms with Crippen LogP contribution in [-0.2, 0) is 16.6 Å². The Morgan fingerprint density at radius 1 is 1.14 bits per heavy atom. The van der Waals surface area contributed by atoms with E-state index in [9.17, 15) is 4.79 Å². The molecule has 0 aliphatic carbocycles. The summed E-state index contributed by atoms with van der Waals surface area (Å²) in [7, 11) is 0. The Balaban J connectivity index is 1.98. The Kier molecular flexibility index (Phi) is 3.44. The van der Waals surface area contributed by atoms with Crippen molar-refractivity contribution < 1.29 is 4.79 Å². The monoisotopic (exact) mass is 294 g/mol. The molecule has 114 valence electrons. The second-order valence-electron chi connectivity index (χ2n) is 6.60. The highest BCUT2D eigenvalue weighted by Gasteiger charge is 2.39. The number of rotatable bonds is 2. The molecule has 1 aliphatic rings. The molecule has 0 spiro atoms. The third-order valence-corrected chi connectivity index (χ3v) is 4.59. The summed E-state index contributed by atoms with van der Waals surface area (Å²) in [6.07, 6.45) is 0.916. The zero-order chi connectivity index (χ0) is 15.9. The van der Waals surface area contributed by atoms with Crippen molar-refractivity contribution in [3.05, 3.63) is 59.7 Å². The number of hydrogen-bond donors (Lipinski definition) is 1. The highest BCUT2D eigenvalue weighted by molar-refractivity contribution is 6.02. The van der Waals surface area contributed by atoms with Crippen molar-refractivity contribution in [2.45, 2.75) is 38.6 Å². The standard InChI is InChI=1S/C19H22N2O/c1-13-12-14-6-4-5-7-17(14)21(13)18(22)19(2,3)15-8-10-16(20)11-9-15/h4-11,13H,12,20H2,1-3H3. The summed E-state index contributed by atoms with van der Waals surface area (Å²) in [6.45, 7) is 6.07. The van der Waals surface area contributed by atoms with Gasteiger partial charge in [0, 0.05) is 17.4 Å². The maximum absolute atomic E-state index is 13.2. The normalized spacial score (nSPS) is 17.4. The minimum absolute atomic E-state index is 0.134. The number of nitrogens with zero attached hydrogens (tertiary/aromatic N) is 1. The summed E-state index contributed by atoms with van der Waals surface area (Å²) in [5, 5.41) is 0. The number of benzene rings is 2. The molecule has 2 aromatic carbocycles. The predicted octanol–water partition coefficient (Wildman–Crippen LogP) is 3.52. The van der Waals surface area contributed by atoms with Crippen molar-refractivity contribution >= 4 is 17.3 Å². The molecule has 1 aliphatic heterocycles. The molecule has 1 heterocycles. The number of nitrogen functional groups attached to an aromatic ring is 1. The Labute approximate surface area is 131 Å². The van der Waals surface area contributed by atoms with E-state index in [2.05, 4.69) is 13.0 Å². The zero-order valence-electron chi connectivity index (χ0n) is 13.3. The van der Waals surface area contributed by atoms with E-state index >= 15 is 0 Å². The lowest BCUT2D eigenvalue weighted by atomic mass is 9.83. The average Bonchev–Trinajstić information content (AvgIpc) is 2.82. The van der Waals surface area contributed by atoms with Crippen molar-refractivity contribution in [3.63, 3.8) is 0 Å². The Hall–Kier alpha value is -2.29. The number of amides is 1. The summed E-state index contributed by atoms with van der Waals surface area (Å²) < 4.78 is 0. The molecule has 0 saturated carbocycles. The number of carbonyl (C=O) groups is 1. The summed E-state index contributed by atoms with van der Waals surface area (Å²) in [6, 6.07) is 16.0. The first-order valence-corrected chi connectivity index (χ1v) is 7.69. The van der Waals surface area contributed by atoms with Crippen LogP contribution in [0.15, 0.2) is 48.5 Å². The van der Waals surface area contributed by atoms with Crippen LogP contribution in [0.5, 0.6) is 0 Å². The maximum Gasteiger partial charge on any atom is 0.237 e. The number of nitrogens with two attached hydrogens (primary N) is 1. The first-order valence-electron chi connectivity index (χ1n) is 7.69. The quantitative estimate of drug-likeness (QED) is 0.861. The van der Waals surface area contributed by atoms with Gasteiger partial charge >= 0.3 is 0 Å². The fourth-order valence-corrected chi connectivity index (χ4v) is 3.20. The van der Waals surface area contributed by atoms with E-state index < -0.39 is 5.41 Å². The largest absolute Gasteiger partial charge is 0.399 e. The second-order valence-corrected chi connectivity index (χ2v) is 6.60. The van der Waals surface area contributed by atoms with Gasteiger partial charge in [0.1, 0.15) is 0 Å². The van der Waals surface area contributed by atoms with Crippen LogP contribution >= 0.6 is 0 Å². The van der Waals surface area contributed by atoms with Crippen molar-refractivity contribution in [2.75, 3.05) is 10.6 Å². The van der Waals surface area contributed by atoms with Crippen LogP contribution < -0.4 is 10.6 Å². The summed E-state index contributed by atoms with van der Waals surface area (Å²) >= 11 is 0. The Morgan fingerprint density at radius 2 is 1.77 bits per heavy atom. The number of para-hydroxylation sites is 1. The fraction of sp³-hybridized carbons (Fsp3) is 0.316. The van der Waals surface area contributed by atoms with Gasteiger partial charge < -0.3 is 10.6 Å². The number of fused-ring (bicyclic) bond motifs is 1. The van der Waals surface area contributed by atoms with Gasteiger partial charge in [-0.2, -0.15) is 0 Å². The topological polar surface area (TPSA) is 46.3 Å². The fourth-order valence-electron chi connectivity index (χ4n) is 3.20. The number of anilines is 2. The predicted molar refractivity (Wildman–Crippen MR) is 91.0 cm³/mol. The molecule has 3 heteroatoms. The molecule has 0 fully saturated rings. The molecule has 0 radical (unpaired) electrons. The Bertz CT molecular complexity index is 704. The molecule has 22 heavy (non-hydrogen) atoms. The molecular weight excluding hydrogens is 272 g/mol.